The van der Waals surface area contributed by atoms with E-state index in [0.717, 1.165) is 18.8 Å². The maximum absolute atomic E-state index is 6.09. The van der Waals surface area contributed by atoms with Crippen LogP contribution in [0.1, 0.15) is 33.7 Å². The van der Waals surface area contributed by atoms with Crippen molar-refractivity contribution in [3.05, 3.63) is 64.2 Å². The highest BCUT2D eigenvalue weighted by Gasteiger charge is 2.26. The normalized spacial score (nSPS) is 16.4. The molecular weight excluding hydrogens is 246 g/mol. The molecule has 0 fully saturated rings. The van der Waals surface area contributed by atoms with Crippen LogP contribution in [0.5, 0.6) is 5.75 Å². The average molecular weight is 267 g/mol. The van der Waals surface area contributed by atoms with Crippen LogP contribution < -0.4 is 10.5 Å². The van der Waals surface area contributed by atoms with E-state index in [0.29, 0.717) is 12.5 Å². The lowest BCUT2D eigenvalue weighted by Gasteiger charge is -2.30. The molecule has 2 aromatic carbocycles. The van der Waals surface area contributed by atoms with Crippen LogP contribution >= 0.6 is 0 Å². The third-order valence-electron chi connectivity index (χ3n) is 4.15. The van der Waals surface area contributed by atoms with Gasteiger partial charge in [0.25, 0.3) is 0 Å². The second-order valence-corrected chi connectivity index (χ2v) is 5.67. The van der Waals surface area contributed by atoms with Gasteiger partial charge in [-0.05, 0) is 48.1 Å². The van der Waals surface area contributed by atoms with Gasteiger partial charge in [-0.15, -0.1) is 0 Å². The van der Waals surface area contributed by atoms with Gasteiger partial charge < -0.3 is 10.5 Å². The van der Waals surface area contributed by atoms with Gasteiger partial charge in [-0.3, -0.25) is 0 Å². The first kappa shape index (κ1) is 13.2. The van der Waals surface area contributed by atoms with Gasteiger partial charge in [0, 0.05) is 12.5 Å². The second kappa shape index (κ2) is 5.29. The van der Waals surface area contributed by atoms with Crippen molar-refractivity contribution >= 4 is 0 Å². The van der Waals surface area contributed by atoms with E-state index in [1.807, 2.05) is 0 Å². The van der Waals surface area contributed by atoms with Crippen molar-refractivity contribution in [3.8, 4) is 5.75 Å². The molecule has 1 aliphatic rings. The van der Waals surface area contributed by atoms with Crippen LogP contribution in [0.25, 0.3) is 0 Å². The molecule has 2 N–H and O–H groups in total. The number of rotatable bonds is 4. The van der Waals surface area contributed by atoms with Gasteiger partial charge in [0.15, 0.2) is 0 Å². The number of benzene rings is 2. The van der Waals surface area contributed by atoms with Gasteiger partial charge in [0.2, 0.25) is 0 Å². The van der Waals surface area contributed by atoms with Crippen molar-refractivity contribution < 1.29 is 4.74 Å². The molecule has 0 bridgehead atoms. The fourth-order valence-electron chi connectivity index (χ4n) is 3.08. The minimum atomic E-state index is 0.541. The summed E-state index contributed by atoms with van der Waals surface area (Å²) in [7, 11) is 0. The molecule has 2 nitrogen and oxygen atoms in total. The molecule has 104 valence electrons. The molecule has 0 amide bonds. The summed E-state index contributed by atoms with van der Waals surface area (Å²) in [6, 6.07) is 12.9. The van der Waals surface area contributed by atoms with Crippen LogP contribution in [-0.2, 0) is 13.0 Å². The summed E-state index contributed by atoms with van der Waals surface area (Å²) < 4.78 is 6.09. The fourth-order valence-corrected chi connectivity index (χ4v) is 3.08. The first-order valence-electron chi connectivity index (χ1n) is 7.20. The molecular formula is C18H21NO. The Morgan fingerprint density at radius 1 is 1.15 bits per heavy atom. The molecule has 2 aromatic rings. The first-order valence-corrected chi connectivity index (χ1v) is 7.20. The van der Waals surface area contributed by atoms with Gasteiger partial charge in [-0.1, -0.05) is 36.4 Å². The van der Waals surface area contributed by atoms with E-state index >= 15 is 0 Å². The molecule has 2 heteroatoms. The lowest BCUT2D eigenvalue weighted by Crippen LogP contribution is -2.23. The topological polar surface area (TPSA) is 35.2 Å². The maximum atomic E-state index is 6.09. The van der Waals surface area contributed by atoms with Crippen molar-refractivity contribution in [3.63, 3.8) is 0 Å². The molecule has 1 unspecified atom stereocenters. The number of ether oxygens (including phenoxy) is 1. The lowest BCUT2D eigenvalue weighted by molar-refractivity contribution is 0.272. The van der Waals surface area contributed by atoms with E-state index in [4.69, 9.17) is 10.5 Å². The fraction of sp³-hybridized carbons (Fsp3) is 0.333. The van der Waals surface area contributed by atoms with Crippen LogP contribution in [0.2, 0.25) is 0 Å². The number of fused-ring (bicyclic) bond motifs is 1. The Morgan fingerprint density at radius 2 is 1.85 bits per heavy atom. The lowest BCUT2D eigenvalue weighted by atomic mass is 9.78. The van der Waals surface area contributed by atoms with Gasteiger partial charge in [0.1, 0.15) is 5.75 Å². The predicted octanol–water partition coefficient (Wildman–Crippen LogP) is 3.48. The minimum absolute atomic E-state index is 0.541. The summed E-state index contributed by atoms with van der Waals surface area (Å²) >= 11 is 0. The molecule has 0 saturated carbocycles. The monoisotopic (exact) mass is 267 g/mol. The molecule has 0 aromatic heterocycles. The number of hydrogen-bond donors (Lipinski definition) is 1. The van der Waals surface area contributed by atoms with Crippen LogP contribution in [0.15, 0.2) is 36.4 Å². The maximum Gasteiger partial charge on any atom is 0.125 e. The van der Waals surface area contributed by atoms with Crippen molar-refractivity contribution in [1.82, 2.24) is 0 Å². The van der Waals surface area contributed by atoms with Gasteiger partial charge in [-0.2, -0.15) is 0 Å². The smallest absolute Gasteiger partial charge is 0.125 e. The average Bonchev–Trinajstić information content (AvgIpc) is 2.42. The summed E-state index contributed by atoms with van der Waals surface area (Å²) in [6.45, 7) is 5.53. The summed E-state index contributed by atoms with van der Waals surface area (Å²) in [5.41, 5.74) is 12.1. The third kappa shape index (κ3) is 2.32. The molecule has 3 rings (SSSR count). The van der Waals surface area contributed by atoms with Crippen molar-refractivity contribution in [2.75, 3.05) is 6.61 Å². The largest absolute Gasteiger partial charge is 0.492 e. The first-order chi connectivity index (χ1) is 9.69. The molecule has 1 atom stereocenters. The highest BCUT2D eigenvalue weighted by atomic mass is 16.5. The quantitative estimate of drug-likeness (QED) is 0.920. The van der Waals surface area contributed by atoms with E-state index in [9.17, 15) is 0 Å². The van der Waals surface area contributed by atoms with Crippen molar-refractivity contribution in [1.29, 1.82) is 0 Å². The Labute approximate surface area is 120 Å². The molecule has 1 aliphatic carbocycles. The van der Waals surface area contributed by atoms with Crippen LogP contribution in [0, 0.1) is 13.8 Å². The number of aryl methyl sites for hydroxylation is 2. The standard InChI is InChI=1S/C18H21NO/c1-12-7-14(10-19)8-13(2)18(12)20-11-16-9-15-5-3-4-6-17(15)16/h3-8,16H,9-11,19H2,1-2H3. The Balaban J connectivity index is 1.71. The molecule has 0 spiro atoms. The highest BCUT2D eigenvalue weighted by Crippen LogP contribution is 2.36. The predicted molar refractivity (Wildman–Crippen MR) is 82.2 cm³/mol. The summed E-state index contributed by atoms with van der Waals surface area (Å²) in [5, 5.41) is 0. The third-order valence-corrected chi connectivity index (χ3v) is 4.15. The Hall–Kier alpha value is -1.80. The van der Waals surface area contributed by atoms with Crippen molar-refractivity contribution in [2.45, 2.75) is 32.7 Å². The van der Waals surface area contributed by atoms with E-state index in [2.05, 4.69) is 50.2 Å². The Bertz CT molecular complexity index is 610. The van der Waals surface area contributed by atoms with Gasteiger partial charge >= 0.3 is 0 Å². The summed E-state index contributed by atoms with van der Waals surface area (Å²) in [4.78, 5) is 0. The van der Waals surface area contributed by atoms with E-state index in [1.165, 1.54) is 27.8 Å². The Kier molecular flexibility index (Phi) is 3.49. The van der Waals surface area contributed by atoms with Gasteiger partial charge in [-0.25, -0.2) is 0 Å². The van der Waals surface area contributed by atoms with E-state index in [-0.39, 0.29) is 0 Å². The minimum Gasteiger partial charge on any atom is -0.492 e. The van der Waals surface area contributed by atoms with E-state index < -0.39 is 0 Å². The van der Waals surface area contributed by atoms with Crippen LogP contribution in [-0.4, -0.2) is 6.61 Å². The second-order valence-electron chi connectivity index (χ2n) is 5.67. The zero-order valence-electron chi connectivity index (χ0n) is 12.1. The molecule has 0 saturated heterocycles. The van der Waals surface area contributed by atoms with Crippen LogP contribution in [0.4, 0.5) is 0 Å². The van der Waals surface area contributed by atoms with E-state index in [1.54, 1.807) is 0 Å². The molecule has 0 aliphatic heterocycles. The number of hydrogen-bond acceptors (Lipinski definition) is 2. The summed E-state index contributed by atoms with van der Waals surface area (Å²) in [5.74, 6) is 1.56. The molecule has 20 heavy (non-hydrogen) atoms. The summed E-state index contributed by atoms with van der Waals surface area (Å²) in [6.07, 6.45) is 1.13. The molecule has 0 radical (unpaired) electrons. The van der Waals surface area contributed by atoms with Crippen LogP contribution in [0.3, 0.4) is 0 Å². The Morgan fingerprint density at radius 3 is 2.50 bits per heavy atom. The van der Waals surface area contributed by atoms with Crippen molar-refractivity contribution in [2.24, 2.45) is 5.73 Å². The SMILES string of the molecule is Cc1cc(CN)cc(C)c1OCC1Cc2ccccc21. The number of nitrogens with two attached hydrogens (primary N) is 1. The molecule has 0 heterocycles. The highest BCUT2D eigenvalue weighted by molar-refractivity contribution is 5.44. The van der Waals surface area contributed by atoms with Gasteiger partial charge in [0.05, 0.1) is 6.61 Å². The zero-order valence-corrected chi connectivity index (χ0v) is 12.1. The zero-order chi connectivity index (χ0) is 14.1.